The van der Waals surface area contributed by atoms with Gasteiger partial charge in [-0.1, -0.05) is 12.1 Å². The molecule has 0 bridgehead atoms. The second-order valence-corrected chi connectivity index (χ2v) is 4.80. The molecule has 1 saturated heterocycles. The molecule has 1 unspecified atom stereocenters. The number of para-hydroxylation sites is 1. The number of nitriles is 1. The van der Waals surface area contributed by atoms with Crippen molar-refractivity contribution < 1.29 is 14.5 Å². The van der Waals surface area contributed by atoms with Crippen LogP contribution in [0.2, 0.25) is 0 Å². The van der Waals surface area contributed by atoms with Crippen LogP contribution in [-0.2, 0) is 9.59 Å². The van der Waals surface area contributed by atoms with Crippen molar-refractivity contribution in [3.8, 4) is 6.07 Å². The first-order valence-electron chi connectivity index (χ1n) is 6.53. The molecule has 6 nitrogen and oxygen atoms in total. The molecule has 2 amide bonds. The molecule has 0 radical (unpaired) electrons. The molecule has 1 heterocycles. The lowest BCUT2D eigenvalue weighted by atomic mass is 10.1. The Labute approximate surface area is 117 Å². The molecule has 0 spiro atoms. The lowest BCUT2D eigenvalue weighted by Gasteiger charge is -2.28. The molecule has 104 valence electrons. The van der Waals surface area contributed by atoms with Gasteiger partial charge in [0.15, 0.2) is 12.6 Å². The molecule has 20 heavy (non-hydrogen) atoms. The topological polar surface area (TPSA) is 86.4 Å². The summed E-state index contributed by atoms with van der Waals surface area (Å²) in [7, 11) is 0. The monoisotopic (exact) mass is 273 g/mol. The van der Waals surface area contributed by atoms with Gasteiger partial charge in [-0.3, -0.25) is 9.59 Å². The van der Waals surface area contributed by atoms with Crippen molar-refractivity contribution in [2.75, 3.05) is 25.0 Å². The summed E-state index contributed by atoms with van der Waals surface area (Å²) in [5.41, 5.74) is 0.937. The summed E-state index contributed by atoms with van der Waals surface area (Å²) in [4.78, 5) is 24.5. The molecule has 3 N–H and O–H groups in total. The van der Waals surface area contributed by atoms with Gasteiger partial charge in [-0.05, 0) is 19.1 Å². The minimum Gasteiger partial charge on any atom is -0.346 e. The summed E-state index contributed by atoms with van der Waals surface area (Å²) >= 11 is 0. The van der Waals surface area contributed by atoms with Gasteiger partial charge >= 0.3 is 0 Å². The van der Waals surface area contributed by atoms with Gasteiger partial charge in [-0.25, -0.2) is 0 Å². The number of carbonyl (C=O) groups excluding carboxylic acids is 2. The van der Waals surface area contributed by atoms with Gasteiger partial charge in [-0.2, -0.15) is 5.26 Å². The van der Waals surface area contributed by atoms with Crippen LogP contribution in [0.15, 0.2) is 24.3 Å². The van der Waals surface area contributed by atoms with Crippen LogP contribution >= 0.6 is 0 Å². The van der Waals surface area contributed by atoms with E-state index in [0.717, 1.165) is 11.4 Å². The fourth-order valence-corrected chi connectivity index (χ4v) is 2.21. The smallest absolute Gasteiger partial charge is 0.282 e. The lowest BCUT2D eigenvalue weighted by Crippen LogP contribution is -3.19. The molecule has 1 aromatic carbocycles. The van der Waals surface area contributed by atoms with Crippen LogP contribution in [0.5, 0.6) is 0 Å². The fourth-order valence-electron chi connectivity index (χ4n) is 2.21. The van der Waals surface area contributed by atoms with Gasteiger partial charge in [-0.15, -0.1) is 0 Å². The number of nitrogens with one attached hydrogen (secondary N) is 3. The Morgan fingerprint density at radius 2 is 2.25 bits per heavy atom. The number of nitrogens with zero attached hydrogens (tertiary/aromatic N) is 1. The maximum atomic E-state index is 12.2. The standard InChI is InChI=1S/C14H16N4O2/c1-10(18-7-6-16-13(19)9-18)14(20)17-12-5-3-2-4-11(12)8-15/h2-5,10H,6-7,9H2,1H3,(H,16,19)(H,17,20)/p+1/t10-/m0/s1. The highest BCUT2D eigenvalue weighted by Gasteiger charge is 2.29. The summed E-state index contributed by atoms with van der Waals surface area (Å²) in [5.74, 6) is -0.222. The summed E-state index contributed by atoms with van der Waals surface area (Å²) < 4.78 is 0. The predicted octanol–water partition coefficient (Wildman–Crippen LogP) is -1.10. The molecule has 6 heteroatoms. The Morgan fingerprint density at radius 3 is 2.95 bits per heavy atom. The number of quaternary nitrogens is 1. The van der Waals surface area contributed by atoms with E-state index in [9.17, 15) is 9.59 Å². The molecule has 0 saturated carbocycles. The molecule has 1 fully saturated rings. The van der Waals surface area contributed by atoms with E-state index in [-0.39, 0.29) is 17.9 Å². The first-order chi connectivity index (χ1) is 9.61. The summed E-state index contributed by atoms with van der Waals surface area (Å²) in [6.07, 6.45) is 0. The Hall–Kier alpha value is -2.39. The molecular weight excluding hydrogens is 256 g/mol. The van der Waals surface area contributed by atoms with Crippen molar-refractivity contribution in [3.05, 3.63) is 29.8 Å². The molecule has 0 aliphatic carbocycles. The Balaban J connectivity index is 2.04. The van der Waals surface area contributed by atoms with Gasteiger partial charge in [0.2, 0.25) is 0 Å². The SMILES string of the molecule is C[C@@H](C(=O)Nc1ccccc1C#N)[NH+]1CCNC(=O)C1. The van der Waals surface area contributed by atoms with E-state index in [1.807, 2.05) is 6.07 Å². The number of amides is 2. The van der Waals surface area contributed by atoms with Crippen molar-refractivity contribution in [1.29, 1.82) is 5.26 Å². The van der Waals surface area contributed by atoms with Crippen LogP contribution in [0.4, 0.5) is 5.69 Å². The molecule has 2 atom stereocenters. The molecule has 0 aromatic heterocycles. The van der Waals surface area contributed by atoms with E-state index < -0.39 is 0 Å². The van der Waals surface area contributed by atoms with Gasteiger partial charge in [0.05, 0.1) is 24.3 Å². The van der Waals surface area contributed by atoms with Crippen molar-refractivity contribution >= 4 is 17.5 Å². The van der Waals surface area contributed by atoms with E-state index >= 15 is 0 Å². The highest BCUT2D eigenvalue weighted by atomic mass is 16.2. The minimum atomic E-state index is -0.340. The van der Waals surface area contributed by atoms with E-state index in [1.54, 1.807) is 31.2 Å². The molecular formula is C14H17N4O2+. The lowest BCUT2D eigenvalue weighted by molar-refractivity contribution is -0.907. The highest BCUT2D eigenvalue weighted by Crippen LogP contribution is 2.13. The van der Waals surface area contributed by atoms with Gasteiger partial charge in [0.1, 0.15) is 6.07 Å². The van der Waals surface area contributed by atoms with Crippen molar-refractivity contribution in [2.24, 2.45) is 0 Å². The van der Waals surface area contributed by atoms with Gasteiger partial charge < -0.3 is 15.5 Å². The first kappa shape index (κ1) is 14.0. The maximum absolute atomic E-state index is 12.2. The normalized spacial score (nSPS) is 19.6. The number of rotatable bonds is 3. The largest absolute Gasteiger partial charge is 0.346 e. The van der Waals surface area contributed by atoms with Crippen LogP contribution in [0.3, 0.4) is 0 Å². The average Bonchev–Trinajstić information content (AvgIpc) is 2.47. The number of piperazine rings is 1. The number of benzene rings is 1. The van der Waals surface area contributed by atoms with Crippen molar-refractivity contribution in [2.45, 2.75) is 13.0 Å². The van der Waals surface area contributed by atoms with Crippen molar-refractivity contribution in [3.63, 3.8) is 0 Å². The molecule has 1 aromatic rings. The zero-order chi connectivity index (χ0) is 14.5. The van der Waals surface area contributed by atoms with Crippen LogP contribution in [0.25, 0.3) is 0 Å². The molecule has 1 aliphatic rings. The van der Waals surface area contributed by atoms with Crippen LogP contribution in [-0.4, -0.2) is 37.5 Å². The average molecular weight is 273 g/mol. The fraction of sp³-hybridized carbons (Fsp3) is 0.357. The van der Waals surface area contributed by atoms with Crippen molar-refractivity contribution in [1.82, 2.24) is 5.32 Å². The third-order valence-electron chi connectivity index (χ3n) is 3.47. The zero-order valence-electron chi connectivity index (χ0n) is 11.3. The number of carbonyl (C=O) groups is 2. The second-order valence-electron chi connectivity index (χ2n) is 4.80. The molecule has 2 rings (SSSR count). The van der Waals surface area contributed by atoms with Gasteiger partial charge in [0.25, 0.3) is 11.8 Å². The summed E-state index contributed by atoms with van der Waals surface area (Å²) in [6, 6.07) is 8.56. The third kappa shape index (κ3) is 3.13. The summed E-state index contributed by atoms with van der Waals surface area (Å²) in [6.45, 7) is 3.40. The van der Waals surface area contributed by atoms with Crippen LogP contribution in [0.1, 0.15) is 12.5 Å². The minimum absolute atomic E-state index is 0.0386. The van der Waals surface area contributed by atoms with Crippen LogP contribution in [0, 0.1) is 11.3 Å². The number of anilines is 1. The third-order valence-corrected chi connectivity index (χ3v) is 3.47. The Bertz CT molecular complexity index is 565. The summed E-state index contributed by atoms with van der Waals surface area (Å²) in [5, 5.41) is 14.5. The van der Waals surface area contributed by atoms with E-state index in [0.29, 0.717) is 24.3 Å². The van der Waals surface area contributed by atoms with Gasteiger partial charge in [0, 0.05) is 0 Å². The van der Waals surface area contributed by atoms with E-state index in [1.165, 1.54) is 0 Å². The Morgan fingerprint density at radius 1 is 1.50 bits per heavy atom. The van der Waals surface area contributed by atoms with Crippen LogP contribution < -0.4 is 15.5 Å². The van der Waals surface area contributed by atoms with E-state index in [4.69, 9.17) is 5.26 Å². The molecule has 1 aliphatic heterocycles. The Kier molecular flexibility index (Phi) is 4.33. The second kappa shape index (κ2) is 6.17. The number of hydrogen-bond acceptors (Lipinski definition) is 3. The maximum Gasteiger partial charge on any atom is 0.282 e. The first-order valence-corrected chi connectivity index (χ1v) is 6.53. The van der Waals surface area contributed by atoms with E-state index in [2.05, 4.69) is 10.6 Å². The predicted molar refractivity (Wildman–Crippen MR) is 73.0 cm³/mol. The zero-order valence-corrected chi connectivity index (χ0v) is 11.3. The number of hydrogen-bond donors (Lipinski definition) is 3. The highest BCUT2D eigenvalue weighted by molar-refractivity contribution is 5.95. The quantitative estimate of drug-likeness (QED) is 0.653.